The number of nitrogens with one attached hydrogen (secondary N) is 2. The fourth-order valence-corrected chi connectivity index (χ4v) is 3.40. The summed E-state index contributed by atoms with van der Waals surface area (Å²) in [5, 5.41) is 5.06. The predicted octanol–water partition coefficient (Wildman–Crippen LogP) is -1.34. The Bertz CT molecular complexity index is 421. The van der Waals surface area contributed by atoms with E-state index >= 15 is 0 Å². The summed E-state index contributed by atoms with van der Waals surface area (Å²) in [7, 11) is -3.59. The molecule has 0 aromatic rings. The minimum atomic E-state index is -3.59. The first-order valence-electron chi connectivity index (χ1n) is 5.96. The van der Waals surface area contributed by atoms with Crippen molar-refractivity contribution in [2.75, 3.05) is 25.4 Å². The van der Waals surface area contributed by atoms with Gasteiger partial charge < -0.3 is 5.32 Å². The lowest BCUT2D eigenvalue weighted by atomic mass is 10.2. The second-order valence-electron chi connectivity index (χ2n) is 4.05. The molecule has 0 bridgehead atoms. The first-order valence-corrected chi connectivity index (χ1v) is 7.57. The standard InChI is InChI=1S/C10H19N3O4S/c1-3-8-10(15)12-9(14)7-13(8)18(16,17)6-5-11-4-2/h8,11H,3-7H2,1-2H3,(H,12,14,15). The number of carbonyl (C=O) groups excluding carboxylic acids is 2. The molecule has 1 saturated heterocycles. The van der Waals surface area contributed by atoms with Crippen LogP contribution in [0.4, 0.5) is 0 Å². The lowest BCUT2D eigenvalue weighted by Gasteiger charge is -2.32. The summed E-state index contributed by atoms with van der Waals surface area (Å²) in [6, 6.07) is -0.783. The number of amides is 2. The SMILES string of the molecule is CCNCCS(=O)(=O)N1CC(=O)NC(=O)C1CC. The lowest BCUT2D eigenvalue weighted by molar-refractivity contribution is -0.137. The molecule has 1 unspecified atom stereocenters. The van der Waals surface area contributed by atoms with Crippen LogP contribution in [0, 0.1) is 0 Å². The van der Waals surface area contributed by atoms with Crippen LogP contribution in [0.25, 0.3) is 0 Å². The van der Waals surface area contributed by atoms with Gasteiger partial charge in [-0.1, -0.05) is 13.8 Å². The van der Waals surface area contributed by atoms with Crippen LogP contribution < -0.4 is 10.6 Å². The van der Waals surface area contributed by atoms with Gasteiger partial charge in [-0.25, -0.2) is 8.42 Å². The average Bonchev–Trinajstić information content (AvgIpc) is 2.28. The minimum Gasteiger partial charge on any atom is -0.316 e. The molecule has 8 heteroatoms. The number of hydrogen-bond acceptors (Lipinski definition) is 5. The molecule has 18 heavy (non-hydrogen) atoms. The maximum absolute atomic E-state index is 12.1. The lowest BCUT2D eigenvalue weighted by Crippen LogP contribution is -2.60. The largest absolute Gasteiger partial charge is 0.316 e. The van der Waals surface area contributed by atoms with Crippen LogP contribution in [0.5, 0.6) is 0 Å². The minimum absolute atomic E-state index is 0.113. The van der Waals surface area contributed by atoms with Crippen molar-refractivity contribution in [3.8, 4) is 0 Å². The summed E-state index contributed by atoms with van der Waals surface area (Å²) < 4.78 is 25.2. The molecular weight excluding hydrogens is 258 g/mol. The van der Waals surface area contributed by atoms with Crippen LogP contribution in [-0.4, -0.2) is 56.0 Å². The predicted molar refractivity (Wildman–Crippen MR) is 66.3 cm³/mol. The zero-order valence-electron chi connectivity index (χ0n) is 10.6. The number of piperazine rings is 1. The number of hydrogen-bond donors (Lipinski definition) is 2. The van der Waals surface area contributed by atoms with Gasteiger partial charge in [0.15, 0.2) is 0 Å². The molecule has 0 spiro atoms. The number of rotatable bonds is 6. The highest BCUT2D eigenvalue weighted by molar-refractivity contribution is 7.89. The Labute approximate surface area is 107 Å². The van der Waals surface area contributed by atoms with Gasteiger partial charge in [0.2, 0.25) is 21.8 Å². The molecule has 0 radical (unpaired) electrons. The molecule has 2 amide bonds. The smallest absolute Gasteiger partial charge is 0.245 e. The Morgan fingerprint density at radius 3 is 2.61 bits per heavy atom. The van der Waals surface area contributed by atoms with Crippen molar-refractivity contribution in [2.24, 2.45) is 0 Å². The van der Waals surface area contributed by atoms with Gasteiger partial charge in [0, 0.05) is 6.54 Å². The van der Waals surface area contributed by atoms with Crippen molar-refractivity contribution in [2.45, 2.75) is 26.3 Å². The topological polar surface area (TPSA) is 95.6 Å². The van der Waals surface area contributed by atoms with Gasteiger partial charge in [0.25, 0.3) is 0 Å². The molecule has 0 aliphatic carbocycles. The van der Waals surface area contributed by atoms with Crippen molar-refractivity contribution in [3.05, 3.63) is 0 Å². The average molecular weight is 277 g/mol. The number of carbonyl (C=O) groups is 2. The summed E-state index contributed by atoms with van der Waals surface area (Å²) in [6.45, 7) is 4.29. The molecule has 104 valence electrons. The molecule has 1 heterocycles. The Morgan fingerprint density at radius 1 is 1.39 bits per heavy atom. The summed E-state index contributed by atoms with van der Waals surface area (Å²) in [6.07, 6.45) is 0.347. The number of imide groups is 1. The van der Waals surface area contributed by atoms with Crippen LogP contribution >= 0.6 is 0 Å². The van der Waals surface area contributed by atoms with Crippen molar-refractivity contribution < 1.29 is 18.0 Å². The van der Waals surface area contributed by atoms with E-state index in [0.29, 0.717) is 19.5 Å². The monoisotopic (exact) mass is 277 g/mol. The summed E-state index contributed by atoms with van der Waals surface area (Å²) in [4.78, 5) is 22.8. The van der Waals surface area contributed by atoms with Crippen molar-refractivity contribution in [3.63, 3.8) is 0 Å². The maximum Gasteiger partial charge on any atom is 0.245 e. The van der Waals surface area contributed by atoms with E-state index in [1.807, 2.05) is 6.92 Å². The molecule has 0 aromatic heterocycles. The highest BCUT2D eigenvalue weighted by Gasteiger charge is 2.39. The van der Waals surface area contributed by atoms with E-state index in [-0.39, 0.29) is 12.3 Å². The van der Waals surface area contributed by atoms with Crippen LogP contribution in [0.3, 0.4) is 0 Å². The van der Waals surface area contributed by atoms with Crippen LogP contribution in [0.2, 0.25) is 0 Å². The van der Waals surface area contributed by atoms with Crippen LogP contribution in [0.15, 0.2) is 0 Å². The Hall–Kier alpha value is -0.990. The number of nitrogens with zero attached hydrogens (tertiary/aromatic N) is 1. The van der Waals surface area contributed by atoms with Gasteiger partial charge in [-0.3, -0.25) is 14.9 Å². The van der Waals surface area contributed by atoms with Crippen molar-refractivity contribution in [1.82, 2.24) is 14.9 Å². The third kappa shape index (κ3) is 3.50. The van der Waals surface area contributed by atoms with Gasteiger partial charge in [-0.2, -0.15) is 4.31 Å². The third-order valence-electron chi connectivity index (χ3n) is 2.74. The molecule has 7 nitrogen and oxygen atoms in total. The van der Waals surface area contributed by atoms with Crippen molar-refractivity contribution >= 4 is 21.8 Å². The van der Waals surface area contributed by atoms with Gasteiger partial charge in [0.05, 0.1) is 12.3 Å². The van der Waals surface area contributed by atoms with E-state index in [1.165, 1.54) is 0 Å². The van der Waals surface area contributed by atoms with E-state index in [4.69, 9.17) is 0 Å². The zero-order valence-corrected chi connectivity index (χ0v) is 11.4. The Kier molecular flexibility index (Phi) is 5.24. The number of sulfonamides is 1. The van der Waals surface area contributed by atoms with Crippen LogP contribution in [0.1, 0.15) is 20.3 Å². The van der Waals surface area contributed by atoms with Gasteiger partial charge >= 0.3 is 0 Å². The van der Waals surface area contributed by atoms with Gasteiger partial charge in [-0.15, -0.1) is 0 Å². The van der Waals surface area contributed by atoms with E-state index in [0.717, 1.165) is 4.31 Å². The molecule has 0 saturated carbocycles. The summed E-state index contributed by atoms with van der Waals surface area (Å²) in [5.41, 5.74) is 0. The molecular formula is C10H19N3O4S. The van der Waals surface area contributed by atoms with Gasteiger partial charge in [-0.05, 0) is 13.0 Å². The van der Waals surface area contributed by atoms with E-state index in [9.17, 15) is 18.0 Å². The van der Waals surface area contributed by atoms with Crippen molar-refractivity contribution in [1.29, 1.82) is 0 Å². The molecule has 1 atom stereocenters. The first kappa shape index (κ1) is 15.1. The Morgan fingerprint density at radius 2 is 2.06 bits per heavy atom. The first-order chi connectivity index (χ1) is 8.42. The Balaban J connectivity index is 2.82. The highest BCUT2D eigenvalue weighted by atomic mass is 32.2. The summed E-state index contributed by atoms with van der Waals surface area (Å²) >= 11 is 0. The van der Waals surface area contributed by atoms with E-state index in [2.05, 4.69) is 10.6 Å². The zero-order chi connectivity index (χ0) is 13.8. The fourth-order valence-electron chi connectivity index (χ4n) is 1.82. The maximum atomic E-state index is 12.1. The molecule has 1 aliphatic rings. The summed E-state index contributed by atoms with van der Waals surface area (Å²) in [5.74, 6) is -1.23. The quantitative estimate of drug-likeness (QED) is 0.463. The highest BCUT2D eigenvalue weighted by Crippen LogP contribution is 2.14. The fraction of sp³-hybridized carbons (Fsp3) is 0.800. The molecule has 2 N–H and O–H groups in total. The molecule has 1 rings (SSSR count). The normalized spacial score (nSPS) is 22.0. The van der Waals surface area contributed by atoms with E-state index in [1.54, 1.807) is 6.92 Å². The second-order valence-corrected chi connectivity index (χ2v) is 6.09. The molecule has 1 aliphatic heterocycles. The second kappa shape index (κ2) is 6.26. The van der Waals surface area contributed by atoms with Gasteiger partial charge in [0.1, 0.15) is 6.04 Å². The molecule has 0 aromatic carbocycles. The van der Waals surface area contributed by atoms with Crippen LogP contribution in [-0.2, 0) is 19.6 Å². The molecule has 1 fully saturated rings. The van der Waals surface area contributed by atoms with E-state index < -0.39 is 27.9 Å². The third-order valence-corrected chi connectivity index (χ3v) is 4.56.